The van der Waals surface area contributed by atoms with Crippen LogP contribution in [0.2, 0.25) is 0 Å². The van der Waals surface area contributed by atoms with Crippen molar-refractivity contribution in [3.8, 4) is 0 Å². The summed E-state index contributed by atoms with van der Waals surface area (Å²) >= 11 is 3.54. The Morgan fingerprint density at radius 3 is 2.67 bits per heavy atom. The summed E-state index contributed by atoms with van der Waals surface area (Å²) in [7, 11) is 0. The molecule has 1 aromatic carbocycles. The average Bonchev–Trinajstić information content (AvgIpc) is 2.61. The highest BCUT2D eigenvalue weighted by atomic mass is 79.9. The Morgan fingerprint density at radius 1 is 1.11 bits per heavy atom. The number of para-hydroxylation sites is 1. The lowest BCUT2D eigenvalue weighted by molar-refractivity contribution is 0.277. The van der Waals surface area contributed by atoms with Gasteiger partial charge in [0.1, 0.15) is 5.58 Å². The number of halogens is 1. The van der Waals surface area contributed by atoms with Gasteiger partial charge in [-0.3, -0.25) is 4.90 Å². The molecule has 0 bridgehead atoms. The first-order chi connectivity index (χ1) is 8.84. The molecule has 1 aliphatic heterocycles. The molecule has 0 radical (unpaired) electrons. The Hall–Kier alpha value is -0.800. The summed E-state index contributed by atoms with van der Waals surface area (Å²) in [6.45, 7) is 3.46. The van der Waals surface area contributed by atoms with Crippen LogP contribution < -0.4 is 0 Å². The molecule has 0 saturated carbocycles. The van der Waals surface area contributed by atoms with Crippen molar-refractivity contribution >= 4 is 26.9 Å². The lowest BCUT2D eigenvalue weighted by Gasteiger charge is -2.18. The number of fused-ring (bicyclic) bond motifs is 1. The Kier molecular flexibility index (Phi) is 3.71. The van der Waals surface area contributed by atoms with E-state index in [1.807, 2.05) is 12.3 Å². The van der Waals surface area contributed by atoms with Gasteiger partial charge in [-0.1, -0.05) is 25.0 Å². The van der Waals surface area contributed by atoms with Crippen LogP contribution in [0.5, 0.6) is 0 Å². The fourth-order valence-electron chi connectivity index (χ4n) is 2.73. The predicted octanol–water partition coefficient (Wildman–Crippen LogP) is 4.57. The summed E-state index contributed by atoms with van der Waals surface area (Å²) in [5.74, 6) is 0. The summed E-state index contributed by atoms with van der Waals surface area (Å²) in [5.41, 5.74) is 2.29. The first kappa shape index (κ1) is 12.2. The molecule has 1 aromatic heterocycles. The number of hydrogen-bond acceptors (Lipinski definition) is 2. The molecule has 3 heteroatoms. The summed E-state index contributed by atoms with van der Waals surface area (Å²) < 4.78 is 6.72. The molecule has 2 nitrogen and oxygen atoms in total. The van der Waals surface area contributed by atoms with Gasteiger partial charge in [-0.25, -0.2) is 0 Å². The van der Waals surface area contributed by atoms with E-state index in [9.17, 15) is 0 Å². The summed E-state index contributed by atoms with van der Waals surface area (Å²) in [4.78, 5) is 2.55. The molecule has 1 fully saturated rings. The van der Waals surface area contributed by atoms with E-state index in [0.717, 1.165) is 16.6 Å². The van der Waals surface area contributed by atoms with Crippen molar-refractivity contribution < 1.29 is 4.42 Å². The molecule has 1 saturated heterocycles. The quantitative estimate of drug-likeness (QED) is 0.808. The second kappa shape index (κ2) is 5.45. The standard InChI is InChI=1S/C15H18BrNO/c16-14-7-5-6-13-12(11-18-15(13)14)10-17-8-3-1-2-4-9-17/h5-7,11H,1-4,8-10H2. The monoisotopic (exact) mass is 307 g/mol. The van der Waals surface area contributed by atoms with E-state index < -0.39 is 0 Å². The SMILES string of the molecule is Brc1cccc2c(CN3CCCCCC3)coc12. The van der Waals surface area contributed by atoms with Crippen LogP contribution in [0.15, 0.2) is 33.4 Å². The predicted molar refractivity (Wildman–Crippen MR) is 77.7 cm³/mol. The van der Waals surface area contributed by atoms with Gasteiger partial charge in [0.15, 0.2) is 0 Å². The highest BCUT2D eigenvalue weighted by Gasteiger charge is 2.13. The van der Waals surface area contributed by atoms with Crippen LogP contribution >= 0.6 is 15.9 Å². The molecule has 0 atom stereocenters. The molecule has 2 heterocycles. The Labute approximate surface area is 116 Å². The minimum atomic E-state index is 0.974. The van der Waals surface area contributed by atoms with Crippen LogP contribution in [0.1, 0.15) is 31.2 Å². The van der Waals surface area contributed by atoms with E-state index >= 15 is 0 Å². The van der Waals surface area contributed by atoms with E-state index in [1.165, 1.54) is 49.7 Å². The van der Waals surface area contributed by atoms with E-state index in [2.05, 4.69) is 33.0 Å². The maximum atomic E-state index is 5.68. The van der Waals surface area contributed by atoms with Crippen LogP contribution in [-0.4, -0.2) is 18.0 Å². The van der Waals surface area contributed by atoms with Crippen molar-refractivity contribution in [3.63, 3.8) is 0 Å². The van der Waals surface area contributed by atoms with Crippen LogP contribution in [0.3, 0.4) is 0 Å². The van der Waals surface area contributed by atoms with E-state index in [-0.39, 0.29) is 0 Å². The van der Waals surface area contributed by atoms with Crippen LogP contribution in [0.4, 0.5) is 0 Å². The summed E-state index contributed by atoms with van der Waals surface area (Å²) in [6, 6.07) is 6.26. The topological polar surface area (TPSA) is 16.4 Å². The number of rotatable bonds is 2. The van der Waals surface area contributed by atoms with Crippen LogP contribution in [-0.2, 0) is 6.54 Å². The largest absolute Gasteiger partial charge is 0.463 e. The van der Waals surface area contributed by atoms with Gasteiger partial charge >= 0.3 is 0 Å². The number of furan rings is 1. The Balaban J connectivity index is 1.83. The minimum absolute atomic E-state index is 0.974. The van der Waals surface area contributed by atoms with Crippen molar-refractivity contribution in [2.45, 2.75) is 32.2 Å². The highest BCUT2D eigenvalue weighted by molar-refractivity contribution is 9.10. The zero-order chi connectivity index (χ0) is 12.4. The summed E-state index contributed by atoms with van der Waals surface area (Å²) in [5, 5.41) is 1.24. The van der Waals surface area contributed by atoms with E-state index in [1.54, 1.807) is 0 Å². The normalized spacial score (nSPS) is 18.1. The third-order valence-corrected chi connectivity index (χ3v) is 4.35. The lowest BCUT2D eigenvalue weighted by Crippen LogP contribution is -2.23. The molecule has 0 N–H and O–H groups in total. The lowest BCUT2D eigenvalue weighted by atomic mass is 10.1. The van der Waals surface area contributed by atoms with Crippen molar-refractivity contribution in [3.05, 3.63) is 34.5 Å². The van der Waals surface area contributed by atoms with Gasteiger partial charge in [0.05, 0.1) is 10.7 Å². The molecule has 0 spiro atoms. The molecule has 0 aliphatic carbocycles. The molecule has 0 unspecified atom stereocenters. The fraction of sp³-hybridized carbons (Fsp3) is 0.467. The average molecular weight is 308 g/mol. The zero-order valence-corrected chi connectivity index (χ0v) is 12.1. The van der Waals surface area contributed by atoms with E-state index in [0.29, 0.717) is 0 Å². The van der Waals surface area contributed by atoms with Gasteiger partial charge in [-0.2, -0.15) is 0 Å². The molecule has 18 heavy (non-hydrogen) atoms. The Bertz CT molecular complexity index is 526. The molecule has 0 amide bonds. The smallest absolute Gasteiger partial charge is 0.148 e. The fourth-order valence-corrected chi connectivity index (χ4v) is 3.19. The molecule has 3 rings (SSSR count). The van der Waals surface area contributed by atoms with Crippen molar-refractivity contribution in [1.82, 2.24) is 4.90 Å². The maximum absolute atomic E-state index is 5.68. The molecule has 1 aliphatic rings. The summed E-state index contributed by atoms with van der Waals surface area (Å²) in [6.07, 6.45) is 7.35. The second-order valence-electron chi connectivity index (χ2n) is 5.07. The van der Waals surface area contributed by atoms with Crippen molar-refractivity contribution in [1.29, 1.82) is 0 Å². The second-order valence-corrected chi connectivity index (χ2v) is 5.92. The maximum Gasteiger partial charge on any atom is 0.148 e. The zero-order valence-electron chi connectivity index (χ0n) is 10.5. The van der Waals surface area contributed by atoms with Crippen molar-refractivity contribution in [2.24, 2.45) is 0 Å². The molecule has 2 aromatic rings. The number of benzene rings is 1. The van der Waals surface area contributed by atoms with Gasteiger partial charge < -0.3 is 4.42 Å². The van der Waals surface area contributed by atoms with Gasteiger partial charge in [0.2, 0.25) is 0 Å². The third-order valence-electron chi connectivity index (χ3n) is 3.72. The minimum Gasteiger partial charge on any atom is -0.463 e. The van der Waals surface area contributed by atoms with Crippen molar-refractivity contribution in [2.75, 3.05) is 13.1 Å². The number of hydrogen-bond donors (Lipinski definition) is 0. The molecular weight excluding hydrogens is 290 g/mol. The van der Waals surface area contributed by atoms with E-state index in [4.69, 9.17) is 4.42 Å². The third kappa shape index (κ3) is 2.47. The highest BCUT2D eigenvalue weighted by Crippen LogP contribution is 2.29. The number of nitrogens with zero attached hydrogens (tertiary/aromatic N) is 1. The van der Waals surface area contributed by atoms with Gasteiger partial charge in [-0.15, -0.1) is 0 Å². The number of likely N-dealkylation sites (tertiary alicyclic amines) is 1. The van der Waals surface area contributed by atoms with Gasteiger partial charge in [0.25, 0.3) is 0 Å². The van der Waals surface area contributed by atoms with Crippen LogP contribution in [0.25, 0.3) is 11.0 Å². The van der Waals surface area contributed by atoms with Crippen LogP contribution in [0, 0.1) is 0 Å². The first-order valence-corrected chi connectivity index (χ1v) is 7.51. The van der Waals surface area contributed by atoms with Gasteiger partial charge in [0, 0.05) is 17.5 Å². The van der Waals surface area contributed by atoms with Gasteiger partial charge in [-0.05, 0) is 47.9 Å². The molecule has 96 valence electrons. The first-order valence-electron chi connectivity index (χ1n) is 6.71. The molecular formula is C15H18BrNO. The Morgan fingerprint density at radius 2 is 1.89 bits per heavy atom.